The molecule has 0 bridgehead atoms. The van der Waals surface area contributed by atoms with Gasteiger partial charge in [0, 0.05) is 12.5 Å². The molecule has 0 saturated carbocycles. The Labute approximate surface area is 131 Å². The zero-order valence-electron chi connectivity index (χ0n) is 8.83. The third-order valence-electron chi connectivity index (χ3n) is 2.52. The second kappa shape index (κ2) is 5.82. The van der Waals surface area contributed by atoms with Gasteiger partial charge in [-0.1, -0.05) is 44.0 Å². The second-order valence-electron chi connectivity index (χ2n) is 3.70. The average Bonchev–Trinajstić information content (AvgIpc) is 2.32. The van der Waals surface area contributed by atoms with Gasteiger partial charge in [-0.15, -0.1) is 0 Å². The molecule has 1 atom stereocenters. The van der Waals surface area contributed by atoms with E-state index in [9.17, 15) is 0 Å². The maximum absolute atomic E-state index is 6.30. The van der Waals surface area contributed by atoms with E-state index in [1.54, 1.807) is 0 Å². The average molecular weight is 467 g/mol. The van der Waals surface area contributed by atoms with Gasteiger partial charge in [0.05, 0.1) is 6.04 Å². The van der Waals surface area contributed by atoms with Gasteiger partial charge in [-0.25, -0.2) is 0 Å². The van der Waals surface area contributed by atoms with Crippen molar-refractivity contribution in [2.45, 2.75) is 6.04 Å². The van der Waals surface area contributed by atoms with Gasteiger partial charge in [0.2, 0.25) is 0 Å². The molecule has 0 aliphatic heterocycles. The van der Waals surface area contributed by atoms with Crippen molar-refractivity contribution in [3.8, 4) is 0 Å². The zero-order valence-corrected chi connectivity index (χ0v) is 14.2. The Bertz CT molecular complexity index is 525. The molecule has 0 aliphatic carbocycles. The molecule has 0 saturated heterocycles. The van der Waals surface area contributed by atoms with E-state index in [1.165, 1.54) is 3.57 Å². The Morgan fingerprint density at radius 1 is 0.941 bits per heavy atom. The van der Waals surface area contributed by atoms with Gasteiger partial charge in [0.15, 0.2) is 0 Å². The first-order valence-electron chi connectivity index (χ1n) is 5.04. The standard InChI is InChI=1S/C13H10Br2IN/c14-9-3-1-8(2-4-9)13(17)11-7-10(15)5-6-12(11)16/h1-7,13H,17H2. The topological polar surface area (TPSA) is 26.0 Å². The Morgan fingerprint density at radius 2 is 1.53 bits per heavy atom. The minimum Gasteiger partial charge on any atom is -0.320 e. The number of halogens is 3. The molecule has 2 aromatic carbocycles. The number of rotatable bonds is 2. The molecule has 17 heavy (non-hydrogen) atoms. The van der Waals surface area contributed by atoms with Crippen molar-refractivity contribution < 1.29 is 0 Å². The summed E-state index contributed by atoms with van der Waals surface area (Å²) in [6, 6.07) is 14.2. The van der Waals surface area contributed by atoms with E-state index < -0.39 is 0 Å². The maximum atomic E-state index is 6.30. The van der Waals surface area contributed by atoms with Crippen LogP contribution in [0.3, 0.4) is 0 Å². The van der Waals surface area contributed by atoms with Crippen LogP contribution >= 0.6 is 54.5 Å². The molecule has 1 unspecified atom stereocenters. The molecule has 0 aliphatic rings. The van der Waals surface area contributed by atoms with Gasteiger partial charge in [-0.3, -0.25) is 0 Å². The van der Waals surface area contributed by atoms with Crippen LogP contribution in [0.2, 0.25) is 0 Å². The van der Waals surface area contributed by atoms with Crippen LogP contribution < -0.4 is 5.73 Å². The SMILES string of the molecule is NC(c1ccc(Br)cc1)c1cc(Br)ccc1I. The zero-order chi connectivity index (χ0) is 12.4. The predicted octanol–water partition coefficient (Wildman–Crippen LogP) is 4.86. The summed E-state index contributed by atoms with van der Waals surface area (Å²) in [7, 11) is 0. The fourth-order valence-corrected chi connectivity index (χ4v) is 2.92. The largest absolute Gasteiger partial charge is 0.320 e. The van der Waals surface area contributed by atoms with Gasteiger partial charge in [0.1, 0.15) is 0 Å². The number of hydrogen-bond acceptors (Lipinski definition) is 1. The van der Waals surface area contributed by atoms with Gasteiger partial charge < -0.3 is 5.73 Å². The van der Waals surface area contributed by atoms with Crippen molar-refractivity contribution in [3.05, 3.63) is 66.1 Å². The third-order valence-corrected chi connectivity index (χ3v) is 4.53. The molecule has 0 amide bonds. The molecule has 2 aromatic rings. The summed E-state index contributed by atoms with van der Waals surface area (Å²) >= 11 is 9.23. The van der Waals surface area contributed by atoms with E-state index in [4.69, 9.17) is 5.73 Å². The van der Waals surface area contributed by atoms with Crippen molar-refractivity contribution in [2.75, 3.05) is 0 Å². The number of hydrogen-bond donors (Lipinski definition) is 1. The van der Waals surface area contributed by atoms with Crippen LogP contribution in [0.5, 0.6) is 0 Å². The highest BCUT2D eigenvalue weighted by Gasteiger charge is 2.12. The summed E-state index contributed by atoms with van der Waals surface area (Å²) < 4.78 is 3.30. The fraction of sp³-hybridized carbons (Fsp3) is 0.0769. The lowest BCUT2D eigenvalue weighted by Crippen LogP contribution is -2.13. The van der Waals surface area contributed by atoms with Crippen LogP contribution in [0.15, 0.2) is 51.4 Å². The van der Waals surface area contributed by atoms with E-state index in [0.29, 0.717) is 0 Å². The van der Waals surface area contributed by atoms with E-state index in [2.05, 4.69) is 66.6 Å². The molecule has 88 valence electrons. The summed E-state index contributed by atoms with van der Waals surface area (Å²) in [4.78, 5) is 0. The third kappa shape index (κ3) is 3.30. The van der Waals surface area contributed by atoms with E-state index in [0.717, 1.165) is 20.1 Å². The number of benzene rings is 2. The van der Waals surface area contributed by atoms with Gasteiger partial charge in [0.25, 0.3) is 0 Å². The molecule has 0 spiro atoms. The normalized spacial score (nSPS) is 12.5. The van der Waals surface area contributed by atoms with Crippen LogP contribution in [0.1, 0.15) is 17.2 Å². The van der Waals surface area contributed by atoms with E-state index >= 15 is 0 Å². The Balaban J connectivity index is 2.39. The first kappa shape index (κ1) is 13.5. The van der Waals surface area contributed by atoms with Gasteiger partial charge in [-0.05, 0) is 64.0 Å². The number of nitrogens with two attached hydrogens (primary N) is 1. The monoisotopic (exact) mass is 465 g/mol. The molecule has 0 radical (unpaired) electrons. The molecule has 0 aromatic heterocycles. The second-order valence-corrected chi connectivity index (χ2v) is 6.69. The molecular weight excluding hydrogens is 457 g/mol. The highest BCUT2D eigenvalue weighted by Crippen LogP contribution is 2.27. The lowest BCUT2D eigenvalue weighted by atomic mass is 10.00. The summed E-state index contributed by atoms with van der Waals surface area (Å²) in [6.07, 6.45) is 0. The fourth-order valence-electron chi connectivity index (χ4n) is 1.60. The summed E-state index contributed by atoms with van der Waals surface area (Å²) in [5, 5.41) is 0. The van der Waals surface area contributed by atoms with Crippen LogP contribution in [-0.4, -0.2) is 0 Å². The lowest BCUT2D eigenvalue weighted by molar-refractivity contribution is 0.864. The summed E-state index contributed by atoms with van der Waals surface area (Å²) in [5.41, 5.74) is 8.55. The van der Waals surface area contributed by atoms with Crippen molar-refractivity contribution in [2.24, 2.45) is 5.73 Å². The molecule has 0 heterocycles. The molecular formula is C13H10Br2IN. The highest BCUT2D eigenvalue weighted by atomic mass is 127. The van der Waals surface area contributed by atoms with Crippen LogP contribution in [0, 0.1) is 3.57 Å². The molecule has 2 N–H and O–H groups in total. The smallest absolute Gasteiger partial charge is 0.0562 e. The first-order chi connectivity index (χ1) is 8.08. The molecule has 0 fully saturated rings. The minimum atomic E-state index is -0.0903. The Kier molecular flexibility index (Phi) is 4.63. The van der Waals surface area contributed by atoms with Crippen molar-refractivity contribution in [1.82, 2.24) is 0 Å². The van der Waals surface area contributed by atoms with Gasteiger partial charge in [-0.2, -0.15) is 0 Å². The molecule has 1 nitrogen and oxygen atoms in total. The van der Waals surface area contributed by atoms with Crippen molar-refractivity contribution in [1.29, 1.82) is 0 Å². The lowest BCUT2D eigenvalue weighted by Gasteiger charge is -2.15. The van der Waals surface area contributed by atoms with Crippen LogP contribution in [0.25, 0.3) is 0 Å². The van der Waals surface area contributed by atoms with Crippen LogP contribution in [0.4, 0.5) is 0 Å². The quantitative estimate of drug-likeness (QED) is 0.628. The Morgan fingerprint density at radius 3 is 2.18 bits per heavy atom. The van der Waals surface area contributed by atoms with Crippen molar-refractivity contribution >= 4 is 54.5 Å². The van der Waals surface area contributed by atoms with E-state index in [-0.39, 0.29) is 6.04 Å². The molecule has 4 heteroatoms. The molecule has 2 rings (SSSR count). The summed E-state index contributed by atoms with van der Waals surface area (Å²) in [6.45, 7) is 0. The minimum absolute atomic E-state index is 0.0903. The van der Waals surface area contributed by atoms with Gasteiger partial charge >= 0.3 is 0 Å². The first-order valence-corrected chi connectivity index (χ1v) is 7.70. The van der Waals surface area contributed by atoms with Crippen molar-refractivity contribution in [3.63, 3.8) is 0 Å². The van der Waals surface area contributed by atoms with E-state index in [1.807, 2.05) is 30.3 Å². The summed E-state index contributed by atoms with van der Waals surface area (Å²) in [5.74, 6) is 0. The maximum Gasteiger partial charge on any atom is 0.0562 e. The van der Waals surface area contributed by atoms with Crippen LogP contribution in [-0.2, 0) is 0 Å². The predicted molar refractivity (Wildman–Crippen MR) is 87.0 cm³/mol. The Hall–Kier alpha value is 0.0900. The highest BCUT2D eigenvalue weighted by molar-refractivity contribution is 14.1.